The minimum absolute atomic E-state index is 0.144. The van der Waals surface area contributed by atoms with Crippen molar-refractivity contribution in [2.45, 2.75) is 45.2 Å². The van der Waals surface area contributed by atoms with Crippen molar-refractivity contribution >= 4 is 11.7 Å². The molecule has 4 N–H and O–H groups in total. The van der Waals surface area contributed by atoms with Gasteiger partial charge in [-0.1, -0.05) is 42.5 Å². The van der Waals surface area contributed by atoms with Gasteiger partial charge in [0.25, 0.3) is 5.91 Å². The molecular formula is C24H31N5O. The molecule has 4 rings (SSSR count). The van der Waals surface area contributed by atoms with E-state index in [-0.39, 0.29) is 11.7 Å². The van der Waals surface area contributed by atoms with E-state index in [0.29, 0.717) is 13.1 Å². The predicted molar refractivity (Wildman–Crippen MR) is 121 cm³/mol. The van der Waals surface area contributed by atoms with Crippen LogP contribution in [0.5, 0.6) is 0 Å². The Bertz CT molecular complexity index is 937. The zero-order valence-corrected chi connectivity index (χ0v) is 17.7. The fourth-order valence-electron chi connectivity index (χ4n) is 4.58. The normalized spacial score (nSPS) is 19.7. The highest BCUT2D eigenvalue weighted by Gasteiger charge is 2.23. The second kappa shape index (κ2) is 8.88. The second-order valence-electron chi connectivity index (χ2n) is 8.45. The minimum Gasteiger partial charge on any atom is -0.378 e. The quantitative estimate of drug-likeness (QED) is 0.354. The van der Waals surface area contributed by atoms with Crippen LogP contribution in [0.2, 0.25) is 0 Å². The van der Waals surface area contributed by atoms with Crippen molar-refractivity contribution in [1.82, 2.24) is 9.80 Å². The lowest BCUT2D eigenvalue weighted by Gasteiger charge is -2.28. The average molecular weight is 406 g/mol. The zero-order valence-electron chi connectivity index (χ0n) is 17.7. The number of hydrogen-bond acceptors (Lipinski definition) is 4. The third kappa shape index (κ3) is 4.33. The molecule has 30 heavy (non-hydrogen) atoms. The van der Waals surface area contributed by atoms with Gasteiger partial charge in [-0.2, -0.15) is 5.10 Å². The highest BCUT2D eigenvalue weighted by molar-refractivity contribution is 6.37. The number of likely N-dealkylation sites (tertiary alicyclic amines) is 1. The van der Waals surface area contributed by atoms with Crippen LogP contribution in [0.3, 0.4) is 0 Å². The summed E-state index contributed by atoms with van der Waals surface area (Å²) in [6.07, 6.45) is 4.57. The smallest absolute Gasteiger partial charge is 0.291 e. The molecule has 6 nitrogen and oxygen atoms in total. The number of carbonyl (C=O) groups is 1. The molecule has 0 radical (unpaired) electrons. The van der Waals surface area contributed by atoms with Crippen molar-refractivity contribution in [2.24, 2.45) is 16.7 Å². The summed E-state index contributed by atoms with van der Waals surface area (Å²) < 4.78 is 0. The van der Waals surface area contributed by atoms with Crippen LogP contribution in [0.4, 0.5) is 0 Å². The first-order chi connectivity index (χ1) is 14.5. The first kappa shape index (κ1) is 20.4. The molecule has 2 aromatic carbocycles. The summed E-state index contributed by atoms with van der Waals surface area (Å²) >= 11 is 0. The lowest BCUT2D eigenvalue weighted by atomic mass is 9.94. The lowest BCUT2D eigenvalue weighted by molar-refractivity contribution is -0.125. The Hall–Kier alpha value is -2.86. The number of amides is 1. The molecule has 1 amide bonds. The molecule has 2 aliphatic rings. The molecule has 0 bridgehead atoms. The number of carbonyl (C=O) groups excluding carboxylic acids is 1. The fraction of sp³-hybridized carbons (Fsp3) is 0.417. The largest absolute Gasteiger partial charge is 0.378 e. The van der Waals surface area contributed by atoms with E-state index < -0.39 is 0 Å². The van der Waals surface area contributed by atoms with Gasteiger partial charge in [0.2, 0.25) is 5.84 Å². The van der Waals surface area contributed by atoms with Crippen LogP contribution in [0.1, 0.15) is 36.5 Å². The van der Waals surface area contributed by atoms with Crippen molar-refractivity contribution in [2.75, 3.05) is 19.6 Å². The molecule has 6 heteroatoms. The van der Waals surface area contributed by atoms with Gasteiger partial charge in [0.15, 0.2) is 0 Å². The SMILES string of the molecule is CC1CCCN1CCc1ccc(-c2ccc3c(c2)CCN(C(=O)/C(N)=N/N)C3)cc1. The number of fused-ring (bicyclic) bond motifs is 1. The number of amidine groups is 1. The first-order valence-corrected chi connectivity index (χ1v) is 10.8. The molecule has 1 unspecified atom stereocenters. The number of hydrazone groups is 1. The molecule has 0 aromatic heterocycles. The van der Waals surface area contributed by atoms with Gasteiger partial charge in [0.05, 0.1) is 0 Å². The van der Waals surface area contributed by atoms with Gasteiger partial charge in [0, 0.05) is 25.7 Å². The van der Waals surface area contributed by atoms with E-state index in [1.54, 1.807) is 4.90 Å². The van der Waals surface area contributed by atoms with Gasteiger partial charge in [-0.25, -0.2) is 0 Å². The molecule has 158 valence electrons. The van der Waals surface area contributed by atoms with Crippen LogP contribution in [-0.2, 0) is 24.2 Å². The van der Waals surface area contributed by atoms with Crippen molar-refractivity contribution < 1.29 is 4.79 Å². The number of rotatable bonds is 4. The Balaban J connectivity index is 1.41. The monoisotopic (exact) mass is 405 g/mol. The maximum absolute atomic E-state index is 12.2. The summed E-state index contributed by atoms with van der Waals surface area (Å²) in [5.74, 6) is 4.69. The second-order valence-corrected chi connectivity index (χ2v) is 8.45. The Morgan fingerprint density at radius 1 is 1.10 bits per heavy atom. The van der Waals surface area contributed by atoms with E-state index in [1.165, 1.54) is 41.6 Å². The molecule has 1 saturated heterocycles. The third-order valence-corrected chi connectivity index (χ3v) is 6.53. The molecule has 2 aliphatic heterocycles. The Labute approximate surface area is 178 Å². The summed E-state index contributed by atoms with van der Waals surface area (Å²) in [5.41, 5.74) is 11.9. The molecule has 2 aromatic rings. The summed E-state index contributed by atoms with van der Waals surface area (Å²) in [4.78, 5) is 16.5. The fourth-order valence-corrected chi connectivity index (χ4v) is 4.58. The lowest BCUT2D eigenvalue weighted by Crippen LogP contribution is -2.43. The first-order valence-electron chi connectivity index (χ1n) is 10.8. The van der Waals surface area contributed by atoms with Crippen molar-refractivity contribution in [3.8, 4) is 11.1 Å². The number of nitrogens with zero attached hydrogens (tertiary/aromatic N) is 3. The summed E-state index contributed by atoms with van der Waals surface area (Å²) in [5, 5.41) is 3.32. The van der Waals surface area contributed by atoms with E-state index in [0.717, 1.165) is 31.0 Å². The van der Waals surface area contributed by atoms with Crippen LogP contribution >= 0.6 is 0 Å². The summed E-state index contributed by atoms with van der Waals surface area (Å²) in [6.45, 7) is 5.89. The minimum atomic E-state index is -0.300. The van der Waals surface area contributed by atoms with E-state index in [2.05, 4.69) is 59.4 Å². The molecule has 1 atom stereocenters. The van der Waals surface area contributed by atoms with Gasteiger partial charge < -0.3 is 21.4 Å². The van der Waals surface area contributed by atoms with Crippen LogP contribution in [0.15, 0.2) is 47.6 Å². The van der Waals surface area contributed by atoms with E-state index in [4.69, 9.17) is 11.6 Å². The maximum atomic E-state index is 12.2. The summed E-state index contributed by atoms with van der Waals surface area (Å²) in [7, 11) is 0. The van der Waals surface area contributed by atoms with Gasteiger partial charge in [-0.15, -0.1) is 0 Å². The van der Waals surface area contributed by atoms with Crippen LogP contribution < -0.4 is 11.6 Å². The molecule has 0 spiro atoms. The standard InChI is InChI=1S/C24H31N5O/c1-17-3-2-12-28(17)13-10-18-4-6-19(7-5-18)20-8-9-22-16-29(14-11-21(22)15-20)24(30)23(25)27-26/h4-9,15,17H,2-3,10-14,16,26H2,1H3,(H2,25,27). The van der Waals surface area contributed by atoms with Crippen LogP contribution in [0, 0.1) is 0 Å². The molecule has 0 aliphatic carbocycles. The van der Waals surface area contributed by atoms with E-state index in [1.807, 2.05) is 0 Å². The maximum Gasteiger partial charge on any atom is 0.291 e. The highest BCUT2D eigenvalue weighted by atomic mass is 16.2. The van der Waals surface area contributed by atoms with Crippen molar-refractivity contribution in [1.29, 1.82) is 0 Å². The predicted octanol–water partition coefficient (Wildman–Crippen LogP) is 2.50. The van der Waals surface area contributed by atoms with Crippen molar-refractivity contribution in [3.05, 3.63) is 59.2 Å². The van der Waals surface area contributed by atoms with Crippen LogP contribution in [-0.4, -0.2) is 47.2 Å². The van der Waals surface area contributed by atoms with Crippen LogP contribution in [0.25, 0.3) is 11.1 Å². The van der Waals surface area contributed by atoms with Gasteiger partial charge in [0.1, 0.15) is 0 Å². The van der Waals surface area contributed by atoms with Gasteiger partial charge in [-0.3, -0.25) is 4.79 Å². The molecular weight excluding hydrogens is 374 g/mol. The van der Waals surface area contributed by atoms with E-state index in [9.17, 15) is 4.79 Å². The third-order valence-electron chi connectivity index (χ3n) is 6.53. The Morgan fingerprint density at radius 3 is 2.57 bits per heavy atom. The Kier molecular flexibility index (Phi) is 6.04. The number of benzene rings is 2. The topological polar surface area (TPSA) is 88.0 Å². The summed E-state index contributed by atoms with van der Waals surface area (Å²) in [6, 6.07) is 16.2. The van der Waals surface area contributed by atoms with E-state index >= 15 is 0 Å². The average Bonchev–Trinajstić information content (AvgIpc) is 3.20. The zero-order chi connectivity index (χ0) is 21.1. The highest BCUT2D eigenvalue weighted by Crippen LogP contribution is 2.27. The Morgan fingerprint density at radius 2 is 1.87 bits per heavy atom. The van der Waals surface area contributed by atoms with Crippen molar-refractivity contribution in [3.63, 3.8) is 0 Å². The van der Waals surface area contributed by atoms with Gasteiger partial charge >= 0.3 is 0 Å². The van der Waals surface area contributed by atoms with Gasteiger partial charge in [-0.05, 0) is 67.0 Å². The molecule has 1 fully saturated rings. The molecule has 0 saturated carbocycles. The number of nitrogens with two attached hydrogens (primary N) is 2. The number of hydrogen-bond donors (Lipinski definition) is 2. The molecule has 2 heterocycles.